The largest absolute Gasteiger partial charge is 0.349 e. The Kier molecular flexibility index (Phi) is 6.15. The Labute approximate surface area is 200 Å². The van der Waals surface area contributed by atoms with E-state index in [1.165, 1.54) is 17.8 Å². The Morgan fingerprint density at radius 2 is 1.76 bits per heavy atom. The minimum atomic E-state index is -0.376. The first-order chi connectivity index (χ1) is 16.1. The molecule has 0 bridgehead atoms. The third-order valence-electron chi connectivity index (χ3n) is 5.34. The van der Waals surface area contributed by atoms with Crippen molar-refractivity contribution in [2.45, 2.75) is 29.8 Å². The highest BCUT2D eigenvalue weighted by Crippen LogP contribution is 2.33. The van der Waals surface area contributed by atoms with Crippen LogP contribution in [0.1, 0.15) is 28.8 Å². The monoisotopic (exact) mass is 478 g/mol. The molecular formula is C25H20ClFN4OS. The summed E-state index contributed by atoms with van der Waals surface area (Å²) in [4.78, 5) is 12.2. The molecular weight excluding hydrogens is 459 g/mol. The van der Waals surface area contributed by atoms with Crippen molar-refractivity contribution < 1.29 is 9.18 Å². The van der Waals surface area contributed by atoms with Crippen LogP contribution in [0.4, 0.5) is 4.39 Å². The second kappa shape index (κ2) is 9.37. The van der Waals surface area contributed by atoms with Crippen LogP contribution in [0, 0.1) is 5.82 Å². The molecule has 4 aromatic rings. The number of para-hydroxylation sites is 1. The van der Waals surface area contributed by atoms with Gasteiger partial charge in [-0.1, -0.05) is 59.8 Å². The normalized spacial score (nSPS) is 13.2. The number of benzene rings is 3. The molecule has 3 aromatic carbocycles. The first kappa shape index (κ1) is 21.7. The van der Waals surface area contributed by atoms with Crippen LogP contribution in [-0.2, 0) is 5.75 Å². The standard InChI is InChI=1S/C25H20ClFN4OS/c26-20-6-2-1-5-19(20)23-29-30-25(31(23)22-8-4-3-7-21(22)27)33-15-16-9-11-17(12-10-16)24(32)28-18-13-14-18/h1-12,18H,13-15H2,(H,28,32). The number of thioether (sulfide) groups is 1. The van der Waals surface area contributed by atoms with E-state index in [0.29, 0.717) is 44.6 Å². The predicted octanol–water partition coefficient (Wildman–Crippen LogP) is 5.91. The van der Waals surface area contributed by atoms with Crippen molar-refractivity contribution in [1.29, 1.82) is 0 Å². The van der Waals surface area contributed by atoms with Gasteiger partial charge in [-0.2, -0.15) is 0 Å². The number of hydrogen-bond donors (Lipinski definition) is 1. The average Bonchev–Trinajstić information content (AvgIpc) is 3.55. The third kappa shape index (κ3) is 4.79. The topological polar surface area (TPSA) is 59.8 Å². The summed E-state index contributed by atoms with van der Waals surface area (Å²) in [6, 6.07) is 21.6. The highest BCUT2D eigenvalue weighted by atomic mass is 35.5. The molecule has 0 radical (unpaired) electrons. The molecule has 1 saturated carbocycles. The zero-order valence-corrected chi connectivity index (χ0v) is 19.1. The number of aromatic nitrogens is 3. The van der Waals surface area contributed by atoms with Crippen molar-refractivity contribution in [2.24, 2.45) is 0 Å². The number of nitrogens with one attached hydrogen (secondary N) is 1. The summed E-state index contributed by atoms with van der Waals surface area (Å²) in [5.41, 5.74) is 2.69. The highest BCUT2D eigenvalue weighted by Gasteiger charge is 2.24. The number of nitrogens with zero attached hydrogens (tertiary/aromatic N) is 3. The van der Waals surface area contributed by atoms with Crippen LogP contribution in [0.25, 0.3) is 17.1 Å². The lowest BCUT2D eigenvalue weighted by Gasteiger charge is -2.12. The third-order valence-corrected chi connectivity index (χ3v) is 6.67. The average molecular weight is 479 g/mol. The molecule has 5 rings (SSSR count). The molecule has 5 nitrogen and oxygen atoms in total. The molecule has 1 aliphatic carbocycles. The lowest BCUT2D eigenvalue weighted by Crippen LogP contribution is -2.25. The number of halogens is 2. The zero-order chi connectivity index (χ0) is 22.8. The summed E-state index contributed by atoms with van der Waals surface area (Å²) in [5.74, 6) is 0.638. The van der Waals surface area contributed by atoms with Crippen LogP contribution >= 0.6 is 23.4 Å². The van der Waals surface area contributed by atoms with Gasteiger partial charge in [-0.25, -0.2) is 4.39 Å². The van der Waals surface area contributed by atoms with Crippen LogP contribution in [0.2, 0.25) is 5.02 Å². The van der Waals surface area contributed by atoms with E-state index in [1.54, 1.807) is 28.8 Å². The number of carbonyl (C=O) groups is 1. The van der Waals surface area contributed by atoms with Gasteiger partial charge in [-0.05, 0) is 54.8 Å². The van der Waals surface area contributed by atoms with Gasteiger partial charge in [-0.15, -0.1) is 10.2 Å². The number of hydrogen-bond acceptors (Lipinski definition) is 4. The quantitative estimate of drug-likeness (QED) is 0.335. The van der Waals surface area contributed by atoms with Gasteiger partial charge < -0.3 is 5.32 Å². The molecule has 1 aromatic heterocycles. The summed E-state index contributed by atoms with van der Waals surface area (Å²) >= 11 is 7.84. The van der Waals surface area contributed by atoms with E-state index >= 15 is 0 Å². The summed E-state index contributed by atoms with van der Waals surface area (Å²) in [6.07, 6.45) is 2.11. The summed E-state index contributed by atoms with van der Waals surface area (Å²) < 4.78 is 16.4. The highest BCUT2D eigenvalue weighted by molar-refractivity contribution is 7.98. The van der Waals surface area contributed by atoms with Crippen molar-refractivity contribution >= 4 is 29.3 Å². The van der Waals surface area contributed by atoms with E-state index in [2.05, 4.69) is 15.5 Å². The van der Waals surface area contributed by atoms with E-state index < -0.39 is 0 Å². The summed E-state index contributed by atoms with van der Waals surface area (Å²) in [6.45, 7) is 0. The molecule has 1 aliphatic rings. The summed E-state index contributed by atoms with van der Waals surface area (Å²) in [5, 5.41) is 12.7. The van der Waals surface area contributed by atoms with Crippen LogP contribution in [0.15, 0.2) is 78.0 Å². The van der Waals surface area contributed by atoms with Gasteiger partial charge in [0.1, 0.15) is 5.82 Å². The molecule has 1 heterocycles. The maximum atomic E-state index is 14.8. The Hall–Kier alpha value is -3.16. The molecule has 1 amide bonds. The van der Waals surface area contributed by atoms with Gasteiger partial charge >= 0.3 is 0 Å². The molecule has 0 unspecified atom stereocenters. The fraction of sp³-hybridized carbons (Fsp3) is 0.160. The second-order valence-corrected chi connectivity index (χ2v) is 9.16. The number of carbonyl (C=O) groups excluding carboxylic acids is 1. The Bertz CT molecular complexity index is 1300. The minimum Gasteiger partial charge on any atom is -0.349 e. The Balaban J connectivity index is 1.42. The second-order valence-electron chi connectivity index (χ2n) is 7.81. The first-order valence-electron chi connectivity index (χ1n) is 10.6. The van der Waals surface area contributed by atoms with Crippen molar-refractivity contribution in [3.05, 3.63) is 94.8 Å². The molecule has 8 heteroatoms. The molecule has 1 fully saturated rings. The first-order valence-corrected chi connectivity index (χ1v) is 11.9. The van der Waals surface area contributed by atoms with E-state index in [-0.39, 0.29) is 11.7 Å². The fourth-order valence-electron chi connectivity index (χ4n) is 3.43. The maximum Gasteiger partial charge on any atom is 0.251 e. The van der Waals surface area contributed by atoms with Gasteiger partial charge in [0.05, 0.1) is 10.7 Å². The van der Waals surface area contributed by atoms with Gasteiger partial charge in [0, 0.05) is 22.9 Å². The van der Waals surface area contributed by atoms with Crippen LogP contribution in [-0.4, -0.2) is 26.7 Å². The molecule has 166 valence electrons. The van der Waals surface area contributed by atoms with Crippen molar-refractivity contribution in [1.82, 2.24) is 20.1 Å². The van der Waals surface area contributed by atoms with Crippen LogP contribution < -0.4 is 5.32 Å². The van der Waals surface area contributed by atoms with Gasteiger partial charge in [0.25, 0.3) is 5.91 Å². The molecule has 0 saturated heterocycles. The van der Waals surface area contributed by atoms with Crippen molar-refractivity contribution in [3.8, 4) is 17.1 Å². The van der Waals surface area contributed by atoms with Gasteiger partial charge in [-0.3, -0.25) is 9.36 Å². The van der Waals surface area contributed by atoms with E-state index in [0.717, 1.165) is 18.4 Å². The van der Waals surface area contributed by atoms with Crippen LogP contribution in [0.5, 0.6) is 0 Å². The van der Waals surface area contributed by atoms with E-state index in [4.69, 9.17) is 11.6 Å². The zero-order valence-electron chi connectivity index (χ0n) is 17.5. The lowest BCUT2D eigenvalue weighted by molar-refractivity contribution is 0.0951. The Morgan fingerprint density at radius 1 is 1.03 bits per heavy atom. The van der Waals surface area contributed by atoms with E-state index in [1.807, 2.05) is 42.5 Å². The Morgan fingerprint density at radius 3 is 2.48 bits per heavy atom. The fourth-order valence-corrected chi connectivity index (χ4v) is 4.55. The molecule has 0 aliphatic heterocycles. The SMILES string of the molecule is O=C(NC1CC1)c1ccc(CSc2nnc(-c3ccccc3Cl)n2-c2ccccc2F)cc1. The van der Waals surface area contributed by atoms with Crippen LogP contribution in [0.3, 0.4) is 0 Å². The predicted molar refractivity (Wildman–Crippen MR) is 128 cm³/mol. The minimum absolute atomic E-state index is 0.0413. The smallest absolute Gasteiger partial charge is 0.251 e. The van der Waals surface area contributed by atoms with E-state index in [9.17, 15) is 9.18 Å². The summed E-state index contributed by atoms with van der Waals surface area (Å²) in [7, 11) is 0. The van der Waals surface area contributed by atoms with Gasteiger partial charge in [0.15, 0.2) is 11.0 Å². The molecule has 33 heavy (non-hydrogen) atoms. The lowest BCUT2D eigenvalue weighted by atomic mass is 10.1. The van der Waals surface area contributed by atoms with Gasteiger partial charge in [0.2, 0.25) is 0 Å². The molecule has 0 atom stereocenters. The number of rotatable bonds is 7. The molecule has 0 spiro atoms. The van der Waals surface area contributed by atoms with Crippen molar-refractivity contribution in [2.75, 3.05) is 0 Å². The molecule has 1 N–H and O–H groups in total. The maximum absolute atomic E-state index is 14.8. The van der Waals surface area contributed by atoms with Crippen molar-refractivity contribution in [3.63, 3.8) is 0 Å². The number of amides is 1.